The van der Waals surface area contributed by atoms with Crippen LogP contribution in [-0.2, 0) is 0 Å². The summed E-state index contributed by atoms with van der Waals surface area (Å²) in [4.78, 5) is 18.7. The van der Waals surface area contributed by atoms with Crippen LogP contribution in [0.5, 0.6) is 0 Å². The Balaban J connectivity index is 1.30. The highest BCUT2D eigenvalue weighted by Gasteiger charge is 2.46. The van der Waals surface area contributed by atoms with Gasteiger partial charge in [-0.25, -0.2) is 13.5 Å². The summed E-state index contributed by atoms with van der Waals surface area (Å²) in [7, 11) is 0. The van der Waals surface area contributed by atoms with Crippen LogP contribution >= 0.6 is 0 Å². The summed E-state index contributed by atoms with van der Waals surface area (Å²) in [5, 5.41) is 36.7. The van der Waals surface area contributed by atoms with E-state index in [4.69, 9.17) is 0 Å². The fourth-order valence-electron chi connectivity index (χ4n) is 6.12. The number of halogens is 2. The number of alkyl halides is 2. The number of amides is 1. The van der Waals surface area contributed by atoms with Crippen LogP contribution in [0.3, 0.4) is 0 Å². The number of anilines is 2. The van der Waals surface area contributed by atoms with Crippen molar-refractivity contribution in [3.63, 3.8) is 0 Å². The molecule has 1 saturated heterocycles. The number of likely N-dealkylation sites (tertiary alicyclic amines) is 1. The Labute approximate surface area is 275 Å². The molecule has 2 aromatic heterocycles. The van der Waals surface area contributed by atoms with Crippen LogP contribution in [0.1, 0.15) is 82.6 Å². The normalized spacial score (nSPS) is 16.3. The molecule has 1 amide bonds. The highest BCUT2D eigenvalue weighted by atomic mass is 19.3. The zero-order valence-corrected chi connectivity index (χ0v) is 26.1. The van der Waals surface area contributed by atoms with E-state index in [1.807, 2.05) is 53.3 Å². The minimum absolute atomic E-state index is 0.108. The van der Waals surface area contributed by atoms with Crippen LogP contribution in [0.2, 0.25) is 0 Å². The largest absolute Gasteiger partial charge is 0.377 e. The third kappa shape index (κ3) is 6.00. The summed E-state index contributed by atoms with van der Waals surface area (Å²) in [5.74, 6) is -3.35. The van der Waals surface area contributed by atoms with E-state index in [1.54, 1.807) is 24.3 Å². The van der Waals surface area contributed by atoms with Crippen molar-refractivity contribution in [1.82, 2.24) is 24.9 Å². The van der Waals surface area contributed by atoms with Gasteiger partial charge in [0.25, 0.3) is 11.8 Å². The van der Waals surface area contributed by atoms with E-state index in [1.165, 1.54) is 6.20 Å². The van der Waals surface area contributed by atoms with E-state index < -0.39 is 31.0 Å². The monoisotopic (exact) mass is 643 g/mol. The molecule has 0 radical (unpaired) electrons. The number of aromatic nitrogens is 4. The van der Waals surface area contributed by atoms with Gasteiger partial charge in [-0.05, 0) is 54.7 Å². The molecule has 2 aliphatic rings. The Morgan fingerprint density at radius 1 is 1.00 bits per heavy atom. The first-order valence-corrected chi connectivity index (χ1v) is 15.8. The van der Waals surface area contributed by atoms with Gasteiger partial charge in [-0.15, -0.1) is 5.10 Å². The topological polar surface area (TPSA) is 136 Å². The van der Waals surface area contributed by atoms with Crippen molar-refractivity contribution in [1.29, 1.82) is 10.5 Å². The van der Waals surface area contributed by atoms with Gasteiger partial charge >= 0.3 is 0 Å². The van der Waals surface area contributed by atoms with Crippen LogP contribution in [-0.4, -0.2) is 49.8 Å². The fourth-order valence-corrected chi connectivity index (χ4v) is 6.12. The lowest BCUT2D eigenvalue weighted by Gasteiger charge is -2.38. The maximum Gasteiger partial charge on any atom is 0.282 e. The molecular weight excluding hydrogens is 612 g/mol. The number of benzene rings is 3. The van der Waals surface area contributed by atoms with E-state index in [2.05, 4.69) is 45.0 Å². The molecule has 2 N–H and O–H groups in total. The lowest BCUT2D eigenvalue weighted by Crippen LogP contribution is -2.58. The molecule has 1 saturated carbocycles. The second kappa shape index (κ2) is 12.4. The fraction of sp³-hybridized carbons (Fsp3) is 0.278. The number of nitrogens with one attached hydrogen (secondary N) is 2. The van der Waals surface area contributed by atoms with Gasteiger partial charge in [-0.2, -0.15) is 10.5 Å². The van der Waals surface area contributed by atoms with Crippen LogP contribution in [0.4, 0.5) is 20.2 Å². The van der Waals surface area contributed by atoms with Gasteiger partial charge < -0.3 is 15.5 Å². The van der Waals surface area contributed by atoms with Gasteiger partial charge in [0.1, 0.15) is 17.8 Å². The van der Waals surface area contributed by atoms with Crippen LogP contribution in [0.25, 0.3) is 10.9 Å². The predicted octanol–water partition coefficient (Wildman–Crippen LogP) is 6.76. The molecule has 2 unspecified atom stereocenters. The molecule has 0 spiro atoms. The van der Waals surface area contributed by atoms with Crippen molar-refractivity contribution in [2.24, 2.45) is 0 Å². The Morgan fingerprint density at radius 2 is 1.75 bits per heavy atom. The van der Waals surface area contributed by atoms with Crippen molar-refractivity contribution >= 4 is 28.2 Å². The van der Waals surface area contributed by atoms with E-state index in [9.17, 15) is 24.1 Å². The number of fused-ring (bicyclic) bond motifs is 1. The van der Waals surface area contributed by atoms with Gasteiger partial charge in [0.2, 0.25) is 0 Å². The highest BCUT2D eigenvalue weighted by Crippen LogP contribution is 2.38. The molecule has 240 valence electrons. The third-order valence-electron chi connectivity index (χ3n) is 8.80. The average Bonchev–Trinajstić information content (AvgIpc) is 3.84. The maximum atomic E-state index is 13.6. The first-order valence-electron chi connectivity index (χ1n) is 15.8. The van der Waals surface area contributed by atoms with Crippen LogP contribution in [0, 0.1) is 22.7 Å². The van der Waals surface area contributed by atoms with Gasteiger partial charge in [-0.3, -0.25) is 9.78 Å². The molecule has 5 aromatic rings. The maximum absolute atomic E-state index is 13.6. The lowest BCUT2D eigenvalue weighted by atomic mass is 9.98. The summed E-state index contributed by atoms with van der Waals surface area (Å²) in [6, 6.07) is 24.3. The molecule has 7 rings (SSSR count). The lowest BCUT2D eigenvalue weighted by molar-refractivity contribution is -0.113. The molecule has 0 bridgehead atoms. The Morgan fingerprint density at radius 3 is 2.44 bits per heavy atom. The average molecular weight is 644 g/mol. The van der Waals surface area contributed by atoms with Crippen molar-refractivity contribution < 1.29 is 13.6 Å². The van der Waals surface area contributed by atoms with Crippen molar-refractivity contribution in [2.75, 3.05) is 23.7 Å². The molecular formula is C36H31F2N9O. The molecule has 1 aliphatic heterocycles. The van der Waals surface area contributed by atoms with Gasteiger partial charge in [-0.1, -0.05) is 54.6 Å². The number of nitrogens with zero attached hydrogens (tertiary/aromatic N) is 7. The summed E-state index contributed by atoms with van der Waals surface area (Å²) in [6.45, 7) is 0.832. The molecule has 12 heteroatoms. The Hall–Kier alpha value is -5.88. The minimum Gasteiger partial charge on any atom is -0.377 e. The summed E-state index contributed by atoms with van der Waals surface area (Å²) in [6.07, 6.45) is 6.09. The Kier molecular flexibility index (Phi) is 7.93. The first-order chi connectivity index (χ1) is 23.3. The number of nitriles is 2. The molecule has 3 heterocycles. The number of carbonyl (C=O) groups is 1. The zero-order valence-electron chi connectivity index (χ0n) is 26.1. The van der Waals surface area contributed by atoms with E-state index >= 15 is 0 Å². The van der Waals surface area contributed by atoms with Gasteiger partial charge in [0.15, 0.2) is 0 Å². The number of carbonyl (C=O) groups excluding carboxylic acids is 1. The first kappa shape index (κ1) is 30.8. The number of pyridine rings is 1. The van der Waals surface area contributed by atoms with Crippen LogP contribution in [0.15, 0.2) is 79.1 Å². The molecule has 10 nitrogen and oxygen atoms in total. The second-order valence-corrected chi connectivity index (χ2v) is 12.3. The zero-order chi connectivity index (χ0) is 33.4. The van der Waals surface area contributed by atoms with Gasteiger partial charge in [0.05, 0.1) is 59.7 Å². The van der Waals surface area contributed by atoms with E-state index in [-0.39, 0.29) is 17.6 Å². The van der Waals surface area contributed by atoms with E-state index in [0.717, 1.165) is 29.7 Å². The Bertz CT molecular complexity index is 2090. The van der Waals surface area contributed by atoms with Gasteiger partial charge in [0, 0.05) is 22.8 Å². The summed E-state index contributed by atoms with van der Waals surface area (Å²) in [5.41, 5.74) is 4.78. The standard InChI is InChI=1S/C36H31F2N9O/c1-2-30(22-7-4-3-5-8-22)43-33-26(17-40)18-41-32-25(16-39)14-27(15-29(32)33)42-34(31-19-47(45-44-31)28-11-12-28)23-9-6-10-24(13-23)35(48)46-20-36(37,38)21-46/h3-10,13-15,18-19,28,30,34,42H,2,11-12,20-21H2,1H3,(H,41,43). The molecule has 2 atom stereocenters. The van der Waals surface area contributed by atoms with Crippen LogP contribution < -0.4 is 10.6 Å². The number of hydrogen-bond donors (Lipinski definition) is 2. The molecule has 2 fully saturated rings. The molecule has 48 heavy (non-hydrogen) atoms. The number of hydrogen-bond acceptors (Lipinski definition) is 8. The van der Waals surface area contributed by atoms with Crippen molar-refractivity contribution in [2.45, 2.75) is 50.2 Å². The second-order valence-electron chi connectivity index (χ2n) is 12.3. The van der Waals surface area contributed by atoms with E-state index in [0.29, 0.717) is 44.7 Å². The SMILES string of the molecule is CCC(Nc1c(C#N)cnc2c(C#N)cc(NC(c3cccc(C(=O)N4CC(F)(F)C4)c3)c3cn(C4CC4)nn3)cc12)c1ccccc1. The third-order valence-corrected chi connectivity index (χ3v) is 8.80. The smallest absolute Gasteiger partial charge is 0.282 e. The molecule has 1 aliphatic carbocycles. The predicted molar refractivity (Wildman–Crippen MR) is 175 cm³/mol. The summed E-state index contributed by atoms with van der Waals surface area (Å²) < 4.78 is 28.9. The van der Waals surface area contributed by atoms with Crippen molar-refractivity contribution in [3.05, 3.63) is 113 Å². The molecule has 3 aromatic carbocycles. The van der Waals surface area contributed by atoms with Crippen molar-refractivity contribution in [3.8, 4) is 12.1 Å². The quantitative estimate of drug-likeness (QED) is 0.170. The minimum atomic E-state index is -2.88. The summed E-state index contributed by atoms with van der Waals surface area (Å²) >= 11 is 0. The highest BCUT2D eigenvalue weighted by molar-refractivity contribution is 5.99. The number of rotatable bonds is 10.